The van der Waals surface area contributed by atoms with E-state index >= 15 is 0 Å². The molecule has 0 aliphatic carbocycles. The van der Waals surface area contributed by atoms with Gasteiger partial charge in [0.2, 0.25) is 5.91 Å². The van der Waals surface area contributed by atoms with E-state index in [-0.39, 0.29) is 30.7 Å². The number of halogens is 4. The molecule has 1 unspecified atom stereocenters. The van der Waals surface area contributed by atoms with Gasteiger partial charge in [0, 0.05) is 19.5 Å². The highest BCUT2D eigenvalue weighted by Crippen LogP contribution is 2.30. The highest BCUT2D eigenvalue weighted by atomic mass is 35.5. The van der Waals surface area contributed by atoms with Crippen LogP contribution in [0.2, 0.25) is 0 Å². The van der Waals surface area contributed by atoms with Gasteiger partial charge >= 0.3 is 6.18 Å². The van der Waals surface area contributed by atoms with Crippen LogP contribution in [0.25, 0.3) is 0 Å². The lowest BCUT2D eigenvalue weighted by Gasteiger charge is -2.13. The van der Waals surface area contributed by atoms with Crippen molar-refractivity contribution in [3.05, 3.63) is 35.4 Å². The van der Waals surface area contributed by atoms with Crippen LogP contribution >= 0.6 is 12.4 Å². The zero-order chi connectivity index (χ0) is 15.9. The summed E-state index contributed by atoms with van der Waals surface area (Å²) >= 11 is 0. The van der Waals surface area contributed by atoms with Crippen molar-refractivity contribution in [2.24, 2.45) is 0 Å². The molecule has 0 aliphatic rings. The third kappa shape index (κ3) is 7.13. The zero-order valence-corrected chi connectivity index (χ0v) is 13.5. The minimum Gasteiger partial charge on any atom is -0.355 e. The Balaban J connectivity index is 0.00000441. The summed E-state index contributed by atoms with van der Waals surface area (Å²) in [6.45, 7) is 5.90. The molecule has 0 aromatic heterocycles. The van der Waals surface area contributed by atoms with Gasteiger partial charge in [-0.05, 0) is 30.2 Å². The lowest BCUT2D eigenvalue weighted by Crippen LogP contribution is -2.32. The normalized spacial score (nSPS) is 12.4. The number of alkyl halides is 3. The molecule has 22 heavy (non-hydrogen) atoms. The molecule has 0 radical (unpaired) electrons. The maximum absolute atomic E-state index is 12.5. The van der Waals surface area contributed by atoms with E-state index in [2.05, 4.69) is 10.6 Å². The number of hydrogen-bond acceptors (Lipinski definition) is 2. The third-order valence-corrected chi connectivity index (χ3v) is 3.17. The summed E-state index contributed by atoms with van der Waals surface area (Å²) in [6, 6.07) is 4.96. The smallest absolute Gasteiger partial charge is 0.355 e. The van der Waals surface area contributed by atoms with Gasteiger partial charge in [-0.2, -0.15) is 13.2 Å². The van der Waals surface area contributed by atoms with Crippen LogP contribution in [0.1, 0.15) is 37.3 Å². The molecular weight excluding hydrogens is 317 g/mol. The number of benzene rings is 1. The van der Waals surface area contributed by atoms with Crippen molar-refractivity contribution in [2.45, 2.75) is 32.4 Å². The fourth-order valence-electron chi connectivity index (χ4n) is 1.94. The third-order valence-electron chi connectivity index (χ3n) is 3.17. The molecule has 7 heteroatoms. The molecule has 1 aromatic rings. The molecule has 0 aliphatic heterocycles. The van der Waals surface area contributed by atoms with Crippen LogP contribution in [0.4, 0.5) is 13.2 Å². The fourth-order valence-corrected chi connectivity index (χ4v) is 1.94. The number of likely N-dealkylation sites (N-methyl/N-ethyl adjacent to an activating group) is 1. The number of nitrogens with one attached hydrogen (secondary N) is 2. The van der Waals surface area contributed by atoms with Crippen LogP contribution in [-0.2, 0) is 11.0 Å². The Morgan fingerprint density at radius 2 is 1.77 bits per heavy atom. The summed E-state index contributed by atoms with van der Waals surface area (Å²) in [5.74, 6) is -0.216. The van der Waals surface area contributed by atoms with Crippen molar-refractivity contribution < 1.29 is 18.0 Å². The Bertz CT molecular complexity index is 449. The van der Waals surface area contributed by atoms with Crippen molar-refractivity contribution in [1.82, 2.24) is 10.6 Å². The van der Waals surface area contributed by atoms with Gasteiger partial charge < -0.3 is 10.6 Å². The van der Waals surface area contributed by atoms with Crippen LogP contribution < -0.4 is 10.6 Å². The zero-order valence-electron chi connectivity index (χ0n) is 12.7. The predicted molar refractivity (Wildman–Crippen MR) is 83.3 cm³/mol. The Labute approximate surface area is 135 Å². The van der Waals surface area contributed by atoms with E-state index in [1.807, 2.05) is 13.8 Å². The lowest BCUT2D eigenvalue weighted by molar-refractivity contribution is -0.137. The second kappa shape index (κ2) is 9.69. The summed E-state index contributed by atoms with van der Waals surface area (Å²) in [4.78, 5) is 11.7. The van der Waals surface area contributed by atoms with Crippen LogP contribution in [0.5, 0.6) is 0 Å². The van der Waals surface area contributed by atoms with Gasteiger partial charge in [0.1, 0.15) is 0 Å². The SMILES string of the molecule is CCNCCNC(=O)CC(C)c1ccc(C(F)(F)F)cc1.Cl. The average molecular weight is 339 g/mol. The molecule has 126 valence electrons. The highest BCUT2D eigenvalue weighted by molar-refractivity contribution is 5.85. The molecule has 2 N–H and O–H groups in total. The Morgan fingerprint density at radius 1 is 1.18 bits per heavy atom. The average Bonchev–Trinajstić information content (AvgIpc) is 2.43. The van der Waals surface area contributed by atoms with Crippen molar-refractivity contribution >= 4 is 18.3 Å². The topological polar surface area (TPSA) is 41.1 Å². The standard InChI is InChI=1S/C15H21F3N2O.ClH/c1-3-19-8-9-20-14(21)10-11(2)12-4-6-13(7-5-12)15(16,17)18;/h4-7,11,19H,3,8-10H2,1-2H3,(H,20,21);1H. The first-order chi connectivity index (χ1) is 9.84. The molecule has 0 saturated carbocycles. The second-order valence-corrected chi connectivity index (χ2v) is 4.93. The maximum Gasteiger partial charge on any atom is 0.416 e. The first kappa shape index (κ1) is 20.7. The molecule has 1 rings (SSSR count). The quantitative estimate of drug-likeness (QED) is 0.749. The Hall–Kier alpha value is -1.27. The molecule has 1 aromatic carbocycles. The molecule has 0 bridgehead atoms. The minimum absolute atomic E-state index is 0. The van der Waals surface area contributed by atoms with Crippen LogP contribution in [0, 0.1) is 0 Å². The molecule has 1 amide bonds. The van der Waals surface area contributed by atoms with E-state index in [9.17, 15) is 18.0 Å². The van der Waals surface area contributed by atoms with Crippen molar-refractivity contribution in [2.75, 3.05) is 19.6 Å². The molecule has 1 atom stereocenters. The predicted octanol–water partition coefficient (Wildman–Crippen LogP) is 3.35. The highest BCUT2D eigenvalue weighted by Gasteiger charge is 2.30. The lowest BCUT2D eigenvalue weighted by atomic mass is 9.96. The number of carbonyl (C=O) groups excluding carboxylic acids is 1. The van der Waals surface area contributed by atoms with E-state index in [1.165, 1.54) is 12.1 Å². The Morgan fingerprint density at radius 3 is 2.27 bits per heavy atom. The number of hydrogen-bond donors (Lipinski definition) is 2. The van der Waals surface area contributed by atoms with Gasteiger partial charge in [-0.1, -0.05) is 26.0 Å². The van der Waals surface area contributed by atoms with Crippen LogP contribution in [0.3, 0.4) is 0 Å². The van der Waals surface area contributed by atoms with E-state index in [0.717, 1.165) is 24.2 Å². The monoisotopic (exact) mass is 338 g/mol. The van der Waals surface area contributed by atoms with E-state index in [0.29, 0.717) is 13.1 Å². The number of amides is 1. The summed E-state index contributed by atoms with van der Waals surface area (Å²) in [5, 5.41) is 5.86. The maximum atomic E-state index is 12.5. The van der Waals surface area contributed by atoms with Crippen LogP contribution in [-0.4, -0.2) is 25.5 Å². The minimum atomic E-state index is -4.33. The van der Waals surface area contributed by atoms with Crippen LogP contribution in [0.15, 0.2) is 24.3 Å². The van der Waals surface area contributed by atoms with E-state index in [1.54, 1.807) is 0 Å². The van der Waals surface area contributed by atoms with Gasteiger partial charge in [0.05, 0.1) is 5.56 Å². The van der Waals surface area contributed by atoms with E-state index in [4.69, 9.17) is 0 Å². The first-order valence-corrected chi connectivity index (χ1v) is 6.99. The van der Waals surface area contributed by atoms with Gasteiger partial charge in [-0.15, -0.1) is 12.4 Å². The largest absolute Gasteiger partial charge is 0.416 e. The summed E-state index contributed by atoms with van der Waals surface area (Å²) < 4.78 is 37.4. The molecule has 0 fully saturated rings. The molecule has 0 spiro atoms. The van der Waals surface area contributed by atoms with E-state index < -0.39 is 11.7 Å². The van der Waals surface area contributed by atoms with Gasteiger partial charge in [0.15, 0.2) is 0 Å². The summed E-state index contributed by atoms with van der Waals surface area (Å²) in [5.41, 5.74) is 0.0541. The van der Waals surface area contributed by atoms with Crippen molar-refractivity contribution in [3.8, 4) is 0 Å². The molecular formula is C15H22ClF3N2O. The summed E-state index contributed by atoms with van der Waals surface area (Å²) in [6.07, 6.45) is -4.07. The van der Waals surface area contributed by atoms with Gasteiger partial charge in [-0.25, -0.2) is 0 Å². The molecule has 0 saturated heterocycles. The summed E-state index contributed by atoms with van der Waals surface area (Å²) in [7, 11) is 0. The van der Waals surface area contributed by atoms with Gasteiger partial charge in [-0.3, -0.25) is 4.79 Å². The molecule has 3 nitrogen and oxygen atoms in total. The fraction of sp³-hybridized carbons (Fsp3) is 0.533. The number of carbonyl (C=O) groups is 1. The first-order valence-electron chi connectivity index (χ1n) is 6.99. The second-order valence-electron chi connectivity index (χ2n) is 4.93. The Kier molecular flexibility index (Phi) is 9.13. The van der Waals surface area contributed by atoms with Gasteiger partial charge in [0.25, 0.3) is 0 Å². The number of rotatable bonds is 7. The van der Waals surface area contributed by atoms with Crippen molar-refractivity contribution in [3.63, 3.8) is 0 Å². The van der Waals surface area contributed by atoms with Crippen molar-refractivity contribution in [1.29, 1.82) is 0 Å². The molecule has 0 heterocycles.